The van der Waals surface area contributed by atoms with Gasteiger partial charge < -0.3 is 14.2 Å². The molecule has 0 aliphatic carbocycles. The van der Waals surface area contributed by atoms with Crippen molar-refractivity contribution in [2.75, 3.05) is 14.2 Å². The van der Waals surface area contributed by atoms with Gasteiger partial charge in [0.1, 0.15) is 12.4 Å². The first-order chi connectivity index (χ1) is 14.5. The summed E-state index contributed by atoms with van der Waals surface area (Å²) in [6.45, 7) is 2.20. The van der Waals surface area contributed by atoms with Crippen LogP contribution < -0.4 is 9.47 Å². The van der Waals surface area contributed by atoms with Gasteiger partial charge in [-0.15, -0.1) is 0 Å². The lowest BCUT2D eigenvalue weighted by molar-refractivity contribution is 0.284. The van der Waals surface area contributed by atoms with Crippen LogP contribution in [0.2, 0.25) is 0 Å². The average molecular weight is 424 g/mol. The van der Waals surface area contributed by atoms with E-state index in [1.54, 1.807) is 20.0 Å². The molecule has 3 aromatic carbocycles. The fourth-order valence-corrected chi connectivity index (χ4v) is 3.94. The molecule has 0 heterocycles. The summed E-state index contributed by atoms with van der Waals surface area (Å²) in [7, 11) is 2.93. The average Bonchev–Trinajstić information content (AvgIpc) is 2.76. The Balaban J connectivity index is 1.88. The fraction of sp³-hybridized carbons (Fsp3) is 0.167. The van der Waals surface area contributed by atoms with Gasteiger partial charge in [-0.25, -0.2) is 9.18 Å². The Labute approximate surface area is 179 Å². The summed E-state index contributed by atoms with van der Waals surface area (Å²) in [6, 6.07) is 18.1. The van der Waals surface area contributed by atoms with Gasteiger partial charge in [0.05, 0.1) is 14.2 Å². The van der Waals surface area contributed by atoms with Gasteiger partial charge in [0.15, 0.2) is 17.4 Å². The van der Waals surface area contributed by atoms with Crippen LogP contribution in [0.5, 0.6) is 11.5 Å². The smallest absolute Gasteiger partial charge is 0.211 e. The first-order valence-electron chi connectivity index (χ1n) is 9.18. The molecule has 0 aliphatic rings. The molecule has 154 valence electrons. The van der Waals surface area contributed by atoms with Crippen molar-refractivity contribution in [2.45, 2.75) is 23.3 Å². The molecule has 0 saturated carbocycles. The molecule has 0 amide bonds. The third kappa shape index (κ3) is 5.03. The maximum Gasteiger partial charge on any atom is 0.211 e. The second-order valence-corrected chi connectivity index (χ2v) is 7.51. The van der Waals surface area contributed by atoms with E-state index in [4.69, 9.17) is 14.2 Å². The number of halogens is 1. The highest BCUT2D eigenvalue weighted by Crippen LogP contribution is 2.40. The number of rotatable bonds is 8. The van der Waals surface area contributed by atoms with Crippen molar-refractivity contribution in [3.05, 3.63) is 83.2 Å². The van der Waals surface area contributed by atoms with Crippen LogP contribution in [0.1, 0.15) is 16.7 Å². The van der Waals surface area contributed by atoms with E-state index in [0.29, 0.717) is 34.1 Å². The normalized spacial score (nSPS) is 10.3. The number of ether oxygens (including phenoxy) is 3. The van der Waals surface area contributed by atoms with Gasteiger partial charge in [-0.3, -0.25) is 0 Å². The van der Waals surface area contributed by atoms with Gasteiger partial charge in [0, 0.05) is 15.4 Å². The molecule has 0 atom stereocenters. The molecule has 3 rings (SSSR count). The number of carbonyl (C=O) groups excluding carboxylic acids is 1. The second kappa shape index (κ2) is 10.0. The standard InChI is InChI=1S/C24H21FO4S/c1-16-11-18(25)12-20(23(14-26)28-3)24(16)30-19-9-10-21(22(13-19)27-2)29-15-17-7-5-4-6-8-17/h4-13H,15H2,1-3H3. The predicted molar refractivity (Wildman–Crippen MR) is 115 cm³/mol. The monoisotopic (exact) mass is 424 g/mol. The number of benzene rings is 3. The van der Waals surface area contributed by atoms with Crippen molar-refractivity contribution in [1.29, 1.82) is 0 Å². The Morgan fingerprint density at radius 3 is 2.47 bits per heavy atom. The third-order valence-corrected chi connectivity index (χ3v) is 5.61. The largest absolute Gasteiger partial charge is 0.493 e. The molecule has 0 saturated heterocycles. The molecule has 6 heteroatoms. The lowest BCUT2D eigenvalue weighted by atomic mass is 10.1. The summed E-state index contributed by atoms with van der Waals surface area (Å²) in [4.78, 5) is 12.8. The van der Waals surface area contributed by atoms with Crippen molar-refractivity contribution < 1.29 is 23.4 Å². The summed E-state index contributed by atoms with van der Waals surface area (Å²) in [5, 5.41) is 0. The molecule has 0 fully saturated rings. The van der Waals surface area contributed by atoms with Crippen LogP contribution in [0.25, 0.3) is 5.76 Å². The van der Waals surface area contributed by atoms with E-state index in [1.165, 1.54) is 31.0 Å². The Morgan fingerprint density at radius 1 is 1.03 bits per heavy atom. The Bertz CT molecular complexity index is 1080. The second-order valence-electron chi connectivity index (χ2n) is 6.42. The van der Waals surface area contributed by atoms with Gasteiger partial charge >= 0.3 is 0 Å². The Morgan fingerprint density at radius 2 is 1.80 bits per heavy atom. The zero-order valence-corrected chi connectivity index (χ0v) is 17.7. The SMILES string of the molecule is COC(=C=O)c1cc(F)cc(C)c1Sc1ccc(OCc2ccccc2)c(OC)c1. The van der Waals surface area contributed by atoms with Crippen LogP contribution in [0.3, 0.4) is 0 Å². The van der Waals surface area contributed by atoms with Gasteiger partial charge in [0.2, 0.25) is 5.76 Å². The van der Waals surface area contributed by atoms with Crippen LogP contribution >= 0.6 is 11.8 Å². The lowest BCUT2D eigenvalue weighted by Gasteiger charge is -2.15. The van der Waals surface area contributed by atoms with E-state index >= 15 is 0 Å². The molecule has 0 unspecified atom stereocenters. The highest BCUT2D eigenvalue weighted by Gasteiger charge is 2.17. The topological polar surface area (TPSA) is 44.8 Å². The third-order valence-electron chi connectivity index (χ3n) is 4.37. The number of aryl methyl sites for hydroxylation is 1. The molecule has 0 spiro atoms. The molecule has 0 N–H and O–H groups in total. The van der Waals surface area contributed by atoms with Crippen molar-refractivity contribution in [2.24, 2.45) is 0 Å². The molecule has 0 aliphatic heterocycles. The van der Waals surface area contributed by atoms with Crippen LogP contribution in [0.4, 0.5) is 4.39 Å². The van der Waals surface area contributed by atoms with E-state index < -0.39 is 5.82 Å². The minimum Gasteiger partial charge on any atom is -0.493 e. The van der Waals surface area contributed by atoms with Crippen molar-refractivity contribution in [3.63, 3.8) is 0 Å². The van der Waals surface area contributed by atoms with Gasteiger partial charge in [-0.1, -0.05) is 42.1 Å². The van der Waals surface area contributed by atoms with E-state index in [2.05, 4.69) is 0 Å². The molecule has 30 heavy (non-hydrogen) atoms. The molecule has 0 radical (unpaired) electrons. The summed E-state index contributed by atoms with van der Waals surface area (Å²) >= 11 is 1.38. The molecular weight excluding hydrogens is 403 g/mol. The quantitative estimate of drug-likeness (QED) is 0.343. The summed E-state index contributed by atoms with van der Waals surface area (Å²) in [5.74, 6) is 2.44. The number of methoxy groups -OCH3 is 2. The fourth-order valence-electron chi connectivity index (χ4n) is 2.92. The first kappa shape index (κ1) is 21.5. The van der Waals surface area contributed by atoms with E-state index in [9.17, 15) is 9.18 Å². The van der Waals surface area contributed by atoms with E-state index in [-0.39, 0.29) is 5.76 Å². The van der Waals surface area contributed by atoms with Crippen LogP contribution in [0, 0.1) is 12.7 Å². The summed E-state index contributed by atoms with van der Waals surface area (Å²) in [5.41, 5.74) is 2.10. The van der Waals surface area contributed by atoms with E-state index in [1.807, 2.05) is 48.5 Å². The van der Waals surface area contributed by atoms with Gasteiger partial charge in [-0.05, 0) is 48.4 Å². The summed E-state index contributed by atoms with van der Waals surface area (Å²) < 4.78 is 30.4. The molecule has 0 aromatic heterocycles. The van der Waals surface area contributed by atoms with Crippen LogP contribution in [0.15, 0.2) is 70.5 Å². The predicted octanol–water partition coefficient (Wildman–Crippen LogP) is 5.69. The zero-order valence-electron chi connectivity index (χ0n) is 16.9. The first-order valence-corrected chi connectivity index (χ1v) is 9.99. The highest BCUT2D eigenvalue weighted by molar-refractivity contribution is 7.99. The number of hydrogen-bond donors (Lipinski definition) is 0. The van der Waals surface area contributed by atoms with Crippen LogP contribution in [-0.4, -0.2) is 20.2 Å². The molecule has 4 nitrogen and oxygen atoms in total. The molecule has 0 bridgehead atoms. The minimum atomic E-state index is -0.445. The Hall–Kier alpha value is -3.21. The molecular formula is C24H21FO4S. The maximum atomic E-state index is 13.9. The van der Waals surface area contributed by atoms with E-state index in [0.717, 1.165) is 10.5 Å². The van der Waals surface area contributed by atoms with Crippen molar-refractivity contribution >= 4 is 23.5 Å². The zero-order chi connectivity index (χ0) is 21.5. The highest BCUT2D eigenvalue weighted by atomic mass is 32.2. The number of hydrogen-bond acceptors (Lipinski definition) is 5. The van der Waals surface area contributed by atoms with Crippen molar-refractivity contribution in [3.8, 4) is 11.5 Å². The lowest BCUT2D eigenvalue weighted by Crippen LogP contribution is -1.98. The minimum absolute atomic E-state index is 0.0464. The van der Waals surface area contributed by atoms with Crippen LogP contribution in [-0.2, 0) is 16.1 Å². The Kier molecular flexibility index (Phi) is 7.17. The van der Waals surface area contributed by atoms with Gasteiger partial charge in [0.25, 0.3) is 0 Å². The van der Waals surface area contributed by atoms with Crippen molar-refractivity contribution in [1.82, 2.24) is 0 Å². The van der Waals surface area contributed by atoms with Gasteiger partial charge in [-0.2, -0.15) is 0 Å². The summed E-state index contributed by atoms with van der Waals surface area (Å²) in [6.07, 6.45) is 0. The maximum absolute atomic E-state index is 13.9. The molecule has 3 aromatic rings.